The third kappa shape index (κ3) is 54.1. The Hall–Kier alpha value is -2.89. The van der Waals surface area contributed by atoms with Crippen molar-refractivity contribution in [2.45, 2.75) is 303 Å². The minimum Gasteiger partial charge on any atom is -0.462 e. The molecule has 0 spiro atoms. The Bertz CT molecular complexity index is 1230. The quantitative estimate of drug-likeness (QED) is 0.0262. The summed E-state index contributed by atoms with van der Waals surface area (Å²) in [4.78, 5) is 38.1. The van der Waals surface area contributed by atoms with Crippen molar-refractivity contribution < 1.29 is 28.6 Å². The average molecular weight is 952 g/mol. The highest BCUT2D eigenvalue weighted by atomic mass is 16.6. The topological polar surface area (TPSA) is 78.9 Å². The fourth-order valence-corrected chi connectivity index (χ4v) is 8.46. The first-order valence-corrected chi connectivity index (χ1v) is 29.3. The zero-order valence-corrected chi connectivity index (χ0v) is 45.1. The van der Waals surface area contributed by atoms with Crippen molar-refractivity contribution in [1.82, 2.24) is 0 Å². The predicted octanol–water partition coefficient (Wildman–Crippen LogP) is 19.6. The zero-order valence-electron chi connectivity index (χ0n) is 45.1. The largest absolute Gasteiger partial charge is 0.462 e. The first-order valence-electron chi connectivity index (χ1n) is 29.3. The van der Waals surface area contributed by atoms with Crippen molar-refractivity contribution >= 4 is 17.9 Å². The van der Waals surface area contributed by atoms with E-state index in [1.165, 1.54) is 186 Å². The molecule has 0 aromatic rings. The van der Waals surface area contributed by atoms with Gasteiger partial charge in [-0.2, -0.15) is 0 Å². The van der Waals surface area contributed by atoms with Crippen LogP contribution in [0.15, 0.2) is 60.8 Å². The van der Waals surface area contributed by atoms with Crippen molar-refractivity contribution in [1.29, 1.82) is 0 Å². The monoisotopic (exact) mass is 951 g/mol. The summed E-state index contributed by atoms with van der Waals surface area (Å²) in [6.45, 7) is 6.48. The molecule has 0 aromatic heterocycles. The third-order valence-corrected chi connectivity index (χ3v) is 12.8. The first kappa shape index (κ1) is 65.1. The van der Waals surface area contributed by atoms with Gasteiger partial charge in [0.1, 0.15) is 13.2 Å². The molecule has 0 aliphatic heterocycles. The van der Waals surface area contributed by atoms with Gasteiger partial charge in [0.2, 0.25) is 0 Å². The van der Waals surface area contributed by atoms with Crippen molar-refractivity contribution in [2.24, 2.45) is 0 Å². The highest BCUT2D eigenvalue weighted by Gasteiger charge is 2.19. The van der Waals surface area contributed by atoms with Crippen LogP contribution < -0.4 is 0 Å². The fourth-order valence-electron chi connectivity index (χ4n) is 8.46. The molecule has 0 saturated carbocycles. The van der Waals surface area contributed by atoms with Gasteiger partial charge in [-0.3, -0.25) is 14.4 Å². The number of carbonyl (C=O) groups is 3. The molecule has 6 heteroatoms. The summed E-state index contributed by atoms with van der Waals surface area (Å²) >= 11 is 0. The lowest BCUT2D eigenvalue weighted by molar-refractivity contribution is -0.166. The molecule has 6 nitrogen and oxygen atoms in total. The number of ether oxygens (including phenoxy) is 3. The lowest BCUT2D eigenvalue weighted by Crippen LogP contribution is -2.30. The standard InChI is InChI=1S/C62H110O6/c1-4-7-10-13-16-19-22-25-28-29-30-31-32-33-35-37-40-43-46-49-52-55-61(64)67-58-59(57-66-60(63)54-51-48-45-42-39-36-27-24-21-18-15-12-9-6-3)68-62(65)56-53-50-47-44-41-38-34-26-23-20-17-14-11-8-5-2/h8,11,17,20,26,34,41,44,50,53,59H,4-7,9-10,12-16,18-19,21-25,27-33,35-40,42-43,45-49,51-52,54-58H2,1-3H3/b11-8-,20-17-,34-26-,44-41-,53-50-. The van der Waals surface area contributed by atoms with Crippen molar-refractivity contribution in [3.05, 3.63) is 60.8 Å². The third-order valence-electron chi connectivity index (χ3n) is 12.8. The molecule has 0 fully saturated rings. The molecule has 0 aliphatic carbocycles. The van der Waals surface area contributed by atoms with E-state index in [0.717, 1.165) is 70.6 Å². The van der Waals surface area contributed by atoms with E-state index in [4.69, 9.17) is 14.2 Å². The van der Waals surface area contributed by atoms with Gasteiger partial charge in [0.05, 0.1) is 6.42 Å². The Kier molecular flexibility index (Phi) is 54.3. The molecule has 0 amide bonds. The summed E-state index contributed by atoms with van der Waals surface area (Å²) in [5.74, 6) is -1.02. The molecule has 0 rings (SSSR count). The minimum absolute atomic E-state index is 0.102. The second-order valence-electron chi connectivity index (χ2n) is 19.6. The Balaban J connectivity index is 4.38. The van der Waals surface area contributed by atoms with Crippen LogP contribution in [0.2, 0.25) is 0 Å². The number of rotatable bonds is 53. The summed E-state index contributed by atoms with van der Waals surface area (Å²) in [5.41, 5.74) is 0. The van der Waals surface area contributed by atoms with Gasteiger partial charge in [0, 0.05) is 12.8 Å². The van der Waals surface area contributed by atoms with E-state index in [1.807, 2.05) is 6.08 Å². The molecule has 0 bridgehead atoms. The van der Waals surface area contributed by atoms with E-state index in [2.05, 4.69) is 69.4 Å². The lowest BCUT2D eigenvalue weighted by Gasteiger charge is -2.18. The van der Waals surface area contributed by atoms with Crippen LogP contribution >= 0.6 is 0 Å². The van der Waals surface area contributed by atoms with Crippen LogP contribution in [0.5, 0.6) is 0 Å². The Labute approximate surface area is 421 Å². The molecule has 0 heterocycles. The zero-order chi connectivity index (χ0) is 49.3. The highest BCUT2D eigenvalue weighted by molar-refractivity contribution is 5.72. The van der Waals surface area contributed by atoms with Crippen LogP contribution in [0.3, 0.4) is 0 Å². The van der Waals surface area contributed by atoms with Gasteiger partial charge in [-0.15, -0.1) is 0 Å². The van der Waals surface area contributed by atoms with Gasteiger partial charge in [-0.05, 0) is 44.9 Å². The number of esters is 3. The molecule has 0 saturated heterocycles. The van der Waals surface area contributed by atoms with Crippen LogP contribution in [-0.4, -0.2) is 37.2 Å². The molecule has 0 N–H and O–H groups in total. The number of carbonyl (C=O) groups excluding carboxylic acids is 3. The minimum atomic E-state index is -0.825. The summed E-state index contributed by atoms with van der Waals surface area (Å²) < 4.78 is 16.8. The Morgan fingerprint density at radius 3 is 0.838 bits per heavy atom. The molecule has 0 radical (unpaired) electrons. The normalized spacial score (nSPS) is 12.5. The smallest absolute Gasteiger partial charge is 0.310 e. The summed E-state index contributed by atoms with van der Waals surface area (Å²) in [6.07, 6.45) is 71.0. The highest BCUT2D eigenvalue weighted by Crippen LogP contribution is 2.17. The van der Waals surface area contributed by atoms with Crippen molar-refractivity contribution in [2.75, 3.05) is 13.2 Å². The molecule has 0 aromatic carbocycles. The van der Waals surface area contributed by atoms with Gasteiger partial charge >= 0.3 is 17.9 Å². The van der Waals surface area contributed by atoms with E-state index < -0.39 is 12.1 Å². The molecular formula is C62H110O6. The SMILES string of the molecule is CC/C=C\C/C=C\C/C=C\C/C=C\C/C=C\CC(=O)OC(COC(=O)CCCCCCCCCCCCCCCC)COC(=O)CCCCCCCCCCCCCCCCCCCCCCC. The van der Waals surface area contributed by atoms with Crippen molar-refractivity contribution in [3.8, 4) is 0 Å². The Morgan fingerprint density at radius 2 is 0.559 bits per heavy atom. The van der Waals surface area contributed by atoms with Crippen LogP contribution in [0.4, 0.5) is 0 Å². The molecule has 394 valence electrons. The molecule has 0 aliphatic rings. The van der Waals surface area contributed by atoms with Gasteiger partial charge in [0.15, 0.2) is 6.10 Å². The van der Waals surface area contributed by atoms with Crippen LogP contribution in [0, 0.1) is 0 Å². The maximum Gasteiger partial charge on any atom is 0.310 e. The predicted molar refractivity (Wildman–Crippen MR) is 293 cm³/mol. The molecule has 1 atom stereocenters. The maximum atomic E-state index is 12.8. The van der Waals surface area contributed by atoms with E-state index in [-0.39, 0.29) is 31.6 Å². The molecule has 1 unspecified atom stereocenters. The van der Waals surface area contributed by atoms with Gasteiger partial charge in [-0.25, -0.2) is 0 Å². The average Bonchev–Trinajstić information content (AvgIpc) is 3.34. The maximum absolute atomic E-state index is 12.8. The number of hydrogen-bond acceptors (Lipinski definition) is 6. The number of unbranched alkanes of at least 4 members (excludes halogenated alkanes) is 33. The summed E-state index contributed by atoms with van der Waals surface area (Å²) in [6, 6.07) is 0. The second kappa shape index (κ2) is 56.7. The van der Waals surface area contributed by atoms with E-state index in [9.17, 15) is 14.4 Å². The first-order chi connectivity index (χ1) is 33.5. The van der Waals surface area contributed by atoms with Gasteiger partial charge in [0.25, 0.3) is 0 Å². The van der Waals surface area contributed by atoms with Crippen LogP contribution in [0.25, 0.3) is 0 Å². The van der Waals surface area contributed by atoms with Crippen LogP contribution in [-0.2, 0) is 28.6 Å². The van der Waals surface area contributed by atoms with Gasteiger partial charge in [-0.1, -0.05) is 293 Å². The summed E-state index contributed by atoms with van der Waals surface area (Å²) in [5, 5.41) is 0. The fraction of sp³-hybridized carbons (Fsp3) is 0.790. The molecular weight excluding hydrogens is 841 g/mol. The number of hydrogen-bond donors (Lipinski definition) is 0. The molecule has 68 heavy (non-hydrogen) atoms. The van der Waals surface area contributed by atoms with E-state index in [0.29, 0.717) is 12.8 Å². The second-order valence-corrected chi connectivity index (χ2v) is 19.6. The van der Waals surface area contributed by atoms with Crippen LogP contribution in [0.1, 0.15) is 297 Å². The summed E-state index contributed by atoms with van der Waals surface area (Å²) in [7, 11) is 0. The van der Waals surface area contributed by atoms with Crippen molar-refractivity contribution in [3.63, 3.8) is 0 Å². The van der Waals surface area contributed by atoms with E-state index in [1.54, 1.807) is 6.08 Å². The lowest BCUT2D eigenvalue weighted by atomic mass is 10.0. The number of allylic oxidation sites excluding steroid dienone is 9. The Morgan fingerprint density at radius 1 is 0.309 bits per heavy atom. The van der Waals surface area contributed by atoms with Gasteiger partial charge < -0.3 is 14.2 Å². The van der Waals surface area contributed by atoms with E-state index >= 15 is 0 Å².